The van der Waals surface area contributed by atoms with Crippen LogP contribution in [0.2, 0.25) is 0 Å². The van der Waals surface area contributed by atoms with Crippen molar-refractivity contribution in [2.75, 3.05) is 11.9 Å². The first-order valence-electron chi connectivity index (χ1n) is 6.29. The predicted octanol–water partition coefficient (Wildman–Crippen LogP) is 2.19. The van der Waals surface area contributed by atoms with Crippen molar-refractivity contribution in [2.45, 2.75) is 27.2 Å². The monoisotopic (exact) mass is 279 g/mol. The van der Waals surface area contributed by atoms with Gasteiger partial charge < -0.3 is 21.0 Å². The van der Waals surface area contributed by atoms with Gasteiger partial charge in [-0.1, -0.05) is 25.9 Å². The minimum atomic E-state index is -0.0473. The van der Waals surface area contributed by atoms with Crippen LogP contribution < -0.4 is 15.8 Å². The van der Waals surface area contributed by atoms with E-state index in [2.05, 4.69) is 10.5 Å². The second-order valence-corrected chi connectivity index (χ2v) is 5.69. The summed E-state index contributed by atoms with van der Waals surface area (Å²) in [5, 5.41) is 14.0. The minimum absolute atomic E-state index is 0.00618. The van der Waals surface area contributed by atoms with Crippen molar-refractivity contribution in [1.29, 1.82) is 0 Å². The number of oxime groups is 1. The van der Waals surface area contributed by atoms with Gasteiger partial charge in [0.25, 0.3) is 0 Å². The summed E-state index contributed by atoms with van der Waals surface area (Å²) in [5.41, 5.74) is 5.95. The van der Waals surface area contributed by atoms with Gasteiger partial charge in [0.1, 0.15) is 12.4 Å². The number of benzene rings is 1. The van der Waals surface area contributed by atoms with Crippen molar-refractivity contribution >= 4 is 17.4 Å². The van der Waals surface area contributed by atoms with Crippen LogP contribution in [0.3, 0.4) is 0 Å². The largest absolute Gasteiger partial charge is 0.486 e. The van der Waals surface area contributed by atoms with E-state index < -0.39 is 0 Å². The highest BCUT2D eigenvalue weighted by molar-refractivity contribution is 5.91. The van der Waals surface area contributed by atoms with Crippen molar-refractivity contribution in [3.63, 3.8) is 0 Å². The molecule has 0 spiro atoms. The maximum absolute atomic E-state index is 11.8. The molecule has 0 saturated heterocycles. The van der Waals surface area contributed by atoms with Gasteiger partial charge in [0, 0.05) is 12.1 Å². The SMILES string of the molecule is CC(C)(C)CC(=O)Nc1ccc(OC/C(N)=N/O)cc1. The topological polar surface area (TPSA) is 96.9 Å². The molecule has 0 fully saturated rings. The molecule has 0 radical (unpaired) electrons. The molecule has 0 heterocycles. The molecular weight excluding hydrogens is 258 g/mol. The van der Waals surface area contributed by atoms with E-state index in [1.807, 2.05) is 20.8 Å². The molecule has 0 bridgehead atoms. The van der Waals surface area contributed by atoms with E-state index in [1.54, 1.807) is 24.3 Å². The molecule has 1 amide bonds. The Hall–Kier alpha value is -2.24. The molecule has 1 aromatic rings. The van der Waals surface area contributed by atoms with E-state index in [0.717, 1.165) is 0 Å². The number of nitrogens with one attached hydrogen (secondary N) is 1. The van der Waals surface area contributed by atoms with Crippen LogP contribution in [-0.2, 0) is 4.79 Å². The molecule has 0 unspecified atom stereocenters. The standard InChI is InChI=1S/C14H21N3O3/c1-14(2,3)8-13(18)16-10-4-6-11(7-5-10)20-9-12(15)17-19/h4-7,19H,8-9H2,1-3H3,(H2,15,17)(H,16,18). The Kier molecular flexibility index (Phi) is 5.37. The lowest BCUT2D eigenvalue weighted by Gasteiger charge is -2.17. The zero-order chi connectivity index (χ0) is 15.2. The third-order valence-corrected chi connectivity index (χ3v) is 2.34. The number of carbonyl (C=O) groups is 1. The number of hydrogen-bond acceptors (Lipinski definition) is 4. The molecule has 0 saturated carbocycles. The van der Waals surface area contributed by atoms with Crippen LogP contribution >= 0.6 is 0 Å². The Balaban J connectivity index is 2.52. The molecule has 4 N–H and O–H groups in total. The van der Waals surface area contributed by atoms with Gasteiger partial charge in [0.2, 0.25) is 5.91 Å². The van der Waals surface area contributed by atoms with Gasteiger partial charge in [-0.15, -0.1) is 0 Å². The van der Waals surface area contributed by atoms with Crippen LogP contribution in [0, 0.1) is 5.41 Å². The van der Waals surface area contributed by atoms with Gasteiger partial charge in [0.15, 0.2) is 5.84 Å². The van der Waals surface area contributed by atoms with Crippen LogP contribution in [0.1, 0.15) is 27.2 Å². The fourth-order valence-corrected chi connectivity index (χ4v) is 1.51. The van der Waals surface area contributed by atoms with E-state index in [-0.39, 0.29) is 23.8 Å². The molecular formula is C14H21N3O3. The lowest BCUT2D eigenvalue weighted by molar-refractivity contribution is -0.117. The first-order valence-corrected chi connectivity index (χ1v) is 6.29. The van der Waals surface area contributed by atoms with Crippen LogP contribution in [0.15, 0.2) is 29.4 Å². The number of hydrogen-bond donors (Lipinski definition) is 3. The highest BCUT2D eigenvalue weighted by atomic mass is 16.5. The number of carbonyl (C=O) groups excluding carboxylic acids is 1. The van der Waals surface area contributed by atoms with Crippen molar-refractivity contribution < 1.29 is 14.7 Å². The summed E-state index contributed by atoms with van der Waals surface area (Å²) in [6, 6.07) is 6.89. The number of rotatable bonds is 5. The van der Waals surface area contributed by atoms with Crippen LogP contribution in [0.25, 0.3) is 0 Å². The summed E-state index contributed by atoms with van der Waals surface area (Å²) in [6.45, 7) is 6.04. The van der Waals surface area contributed by atoms with Crippen LogP contribution in [-0.4, -0.2) is 23.6 Å². The highest BCUT2D eigenvalue weighted by Gasteiger charge is 2.15. The lowest BCUT2D eigenvalue weighted by atomic mass is 9.92. The highest BCUT2D eigenvalue weighted by Crippen LogP contribution is 2.20. The molecule has 0 aliphatic rings. The third-order valence-electron chi connectivity index (χ3n) is 2.34. The smallest absolute Gasteiger partial charge is 0.224 e. The van der Waals surface area contributed by atoms with Gasteiger partial charge >= 0.3 is 0 Å². The third kappa shape index (κ3) is 6.08. The molecule has 1 aromatic carbocycles. The van der Waals surface area contributed by atoms with Crippen molar-refractivity contribution in [1.82, 2.24) is 0 Å². The van der Waals surface area contributed by atoms with E-state index in [1.165, 1.54) is 0 Å². The zero-order valence-electron chi connectivity index (χ0n) is 12.0. The molecule has 1 rings (SSSR count). The summed E-state index contributed by atoms with van der Waals surface area (Å²) < 4.78 is 5.27. The zero-order valence-corrected chi connectivity index (χ0v) is 12.0. The lowest BCUT2D eigenvalue weighted by Crippen LogP contribution is -2.21. The van der Waals surface area contributed by atoms with Crippen molar-refractivity contribution in [2.24, 2.45) is 16.3 Å². The maximum atomic E-state index is 11.8. The van der Waals surface area contributed by atoms with E-state index in [4.69, 9.17) is 15.7 Å². The Labute approximate surface area is 118 Å². The van der Waals surface area contributed by atoms with Gasteiger partial charge in [-0.05, 0) is 29.7 Å². The van der Waals surface area contributed by atoms with Crippen LogP contribution in [0.5, 0.6) is 5.75 Å². The average Bonchev–Trinajstić information content (AvgIpc) is 2.35. The quantitative estimate of drug-likeness (QED) is 0.333. The molecule has 20 heavy (non-hydrogen) atoms. The Morgan fingerprint density at radius 1 is 1.35 bits per heavy atom. The molecule has 0 aromatic heterocycles. The molecule has 110 valence electrons. The number of nitrogens with two attached hydrogens (primary N) is 1. The van der Waals surface area contributed by atoms with Crippen molar-refractivity contribution in [3.8, 4) is 5.75 Å². The van der Waals surface area contributed by atoms with Gasteiger partial charge in [-0.3, -0.25) is 4.79 Å². The molecule has 6 heteroatoms. The number of nitrogens with zero attached hydrogens (tertiary/aromatic N) is 1. The first-order chi connectivity index (χ1) is 9.30. The second-order valence-electron chi connectivity index (χ2n) is 5.69. The Morgan fingerprint density at radius 3 is 2.45 bits per heavy atom. The van der Waals surface area contributed by atoms with E-state index in [0.29, 0.717) is 17.9 Å². The molecule has 0 atom stereocenters. The molecule has 0 aliphatic heterocycles. The summed E-state index contributed by atoms with van der Waals surface area (Å²) >= 11 is 0. The summed E-state index contributed by atoms with van der Waals surface area (Å²) in [4.78, 5) is 11.8. The maximum Gasteiger partial charge on any atom is 0.224 e. The fourth-order valence-electron chi connectivity index (χ4n) is 1.51. The normalized spacial score (nSPS) is 12.1. The van der Waals surface area contributed by atoms with Gasteiger partial charge in [-0.25, -0.2) is 0 Å². The number of amidine groups is 1. The molecule has 0 aliphatic carbocycles. The summed E-state index contributed by atoms with van der Waals surface area (Å²) in [7, 11) is 0. The van der Waals surface area contributed by atoms with Crippen molar-refractivity contribution in [3.05, 3.63) is 24.3 Å². The first kappa shape index (κ1) is 15.8. The number of anilines is 1. The molecule has 6 nitrogen and oxygen atoms in total. The number of ether oxygens (including phenoxy) is 1. The Morgan fingerprint density at radius 2 is 1.95 bits per heavy atom. The summed E-state index contributed by atoms with van der Waals surface area (Å²) in [5.74, 6) is 0.542. The summed E-state index contributed by atoms with van der Waals surface area (Å²) in [6.07, 6.45) is 0.453. The minimum Gasteiger partial charge on any atom is -0.486 e. The van der Waals surface area contributed by atoms with E-state index in [9.17, 15) is 4.79 Å². The van der Waals surface area contributed by atoms with Gasteiger partial charge in [0.05, 0.1) is 0 Å². The van der Waals surface area contributed by atoms with Crippen LogP contribution in [0.4, 0.5) is 5.69 Å². The Bertz CT molecular complexity index is 475. The number of amides is 1. The van der Waals surface area contributed by atoms with E-state index >= 15 is 0 Å². The second kappa shape index (κ2) is 6.79. The predicted molar refractivity (Wildman–Crippen MR) is 78.0 cm³/mol. The fraction of sp³-hybridized carbons (Fsp3) is 0.429. The average molecular weight is 279 g/mol. The van der Waals surface area contributed by atoms with Gasteiger partial charge in [-0.2, -0.15) is 0 Å².